The van der Waals surface area contributed by atoms with Gasteiger partial charge in [-0.05, 0) is 41.6 Å². The quantitative estimate of drug-likeness (QED) is 0.734. The Morgan fingerprint density at radius 1 is 1.19 bits per heavy atom. The van der Waals surface area contributed by atoms with E-state index in [9.17, 15) is 4.79 Å². The van der Waals surface area contributed by atoms with E-state index in [1.165, 1.54) is 11.0 Å². The van der Waals surface area contributed by atoms with Gasteiger partial charge in [0.05, 0.1) is 5.69 Å². The average Bonchev–Trinajstić information content (AvgIpc) is 3.23. The Balaban J connectivity index is 1.42. The van der Waals surface area contributed by atoms with Gasteiger partial charge in [0.1, 0.15) is 25.3 Å². The van der Waals surface area contributed by atoms with E-state index in [2.05, 4.69) is 20.8 Å². The van der Waals surface area contributed by atoms with Crippen molar-refractivity contribution in [3.63, 3.8) is 0 Å². The van der Waals surface area contributed by atoms with Crippen LogP contribution in [-0.4, -0.2) is 45.4 Å². The first-order valence-electron chi connectivity index (χ1n) is 8.39. The minimum absolute atomic E-state index is 0.278. The van der Waals surface area contributed by atoms with Crippen LogP contribution < -0.4 is 19.5 Å². The second-order valence-corrected chi connectivity index (χ2v) is 5.86. The molecule has 0 fully saturated rings. The number of nitrogens with one attached hydrogen (secondary N) is 1. The van der Waals surface area contributed by atoms with Crippen molar-refractivity contribution in [1.82, 2.24) is 20.2 Å². The molecular weight excluding hydrogens is 350 g/mol. The number of fused-ring (bicyclic) bond motifs is 1. The van der Waals surface area contributed by atoms with Crippen LogP contribution in [0, 0.1) is 0 Å². The fourth-order valence-corrected chi connectivity index (χ4v) is 2.60. The number of hydrogen-bond donors (Lipinski definition) is 1. The van der Waals surface area contributed by atoms with Crippen LogP contribution >= 0.6 is 0 Å². The molecule has 1 atom stereocenters. The summed E-state index contributed by atoms with van der Waals surface area (Å²) >= 11 is 0. The van der Waals surface area contributed by atoms with Crippen molar-refractivity contribution in [2.24, 2.45) is 0 Å². The van der Waals surface area contributed by atoms with E-state index in [0.29, 0.717) is 36.1 Å². The highest BCUT2D eigenvalue weighted by atomic mass is 16.6. The van der Waals surface area contributed by atoms with Gasteiger partial charge in [-0.25, -0.2) is 4.68 Å². The van der Waals surface area contributed by atoms with Crippen LogP contribution in [0.2, 0.25) is 0 Å². The zero-order chi connectivity index (χ0) is 18.6. The highest BCUT2D eigenvalue weighted by Crippen LogP contribution is 2.32. The van der Waals surface area contributed by atoms with E-state index in [1.807, 2.05) is 6.07 Å². The molecule has 0 aliphatic carbocycles. The van der Waals surface area contributed by atoms with Gasteiger partial charge < -0.3 is 19.5 Å². The Hall–Kier alpha value is -3.62. The lowest BCUT2D eigenvalue weighted by Crippen LogP contribution is -2.30. The number of rotatable bonds is 5. The van der Waals surface area contributed by atoms with Gasteiger partial charge in [-0.3, -0.25) is 4.79 Å². The first-order chi connectivity index (χ1) is 13.2. The zero-order valence-electron chi connectivity index (χ0n) is 14.5. The number of carbonyl (C=O) groups is 1. The van der Waals surface area contributed by atoms with E-state index in [-0.39, 0.29) is 5.91 Å². The van der Waals surface area contributed by atoms with E-state index in [4.69, 9.17) is 14.2 Å². The van der Waals surface area contributed by atoms with Gasteiger partial charge in [0, 0.05) is 17.8 Å². The van der Waals surface area contributed by atoms with Crippen molar-refractivity contribution in [1.29, 1.82) is 0 Å². The Bertz CT molecular complexity index is 945. The molecule has 9 heteroatoms. The predicted molar refractivity (Wildman–Crippen MR) is 95.3 cm³/mol. The molecule has 2 aromatic carbocycles. The number of tetrazole rings is 1. The maximum absolute atomic E-state index is 12.5. The molecule has 3 aromatic rings. The van der Waals surface area contributed by atoms with E-state index >= 15 is 0 Å². The van der Waals surface area contributed by atoms with Gasteiger partial charge in [-0.1, -0.05) is 6.07 Å². The molecule has 138 valence electrons. The Labute approximate surface area is 154 Å². The molecular formula is C18H17N5O4. The molecule has 1 aliphatic rings. The molecule has 4 rings (SSSR count). The van der Waals surface area contributed by atoms with Crippen LogP contribution in [0.5, 0.6) is 17.2 Å². The Kier molecular flexibility index (Phi) is 4.56. The van der Waals surface area contributed by atoms with Gasteiger partial charge in [-0.15, -0.1) is 5.10 Å². The number of amides is 1. The molecule has 0 radical (unpaired) electrons. The number of aromatic nitrogens is 4. The minimum Gasteiger partial charge on any atom is -0.486 e. The standard InChI is InChI=1S/C18H17N5O4/c1-12(27-15-4-2-3-14(10-15)23-11-19-21-22-23)18(24)20-13-5-6-16-17(9-13)26-8-7-25-16/h2-6,9-12H,7-8H2,1H3,(H,20,24). The first kappa shape index (κ1) is 16.8. The fourth-order valence-electron chi connectivity index (χ4n) is 2.60. The van der Waals surface area contributed by atoms with Crippen LogP contribution in [0.4, 0.5) is 5.69 Å². The summed E-state index contributed by atoms with van der Waals surface area (Å²) in [6.45, 7) is 2.69. The predicted octanol–water partition coefficient (Wildman–Crippen LogP) is 1.84. The lowest BCUT2D eigenvalue weighted by molar-refractivity contribution is -0.122. The van der Waals surface area contributed by atoms with Crippen LogP contribution in [0.25, 0.3) is 5.69 Å². The molecule has 1 unspecified atom stereocenters. The lowest BCUT2D eigenvalue weighted by atomic mass is 10.2. The third kappa shape index (κ3) is 3.81. The number of benzene rings is 2. The number of anilines is 1. The maximum Gasteiger partial charge on any atom is 0.265 e. The van der Waals surface area contributed by atoms with Crippen molar-refractivity contribution < 1.29 is 19.0 Å². The zero-order valence-corrected chi connectivity index (χ0v) is 14.5. The molecule has 1 aromatic heterocycles. The van der Waals surface area contributed by atoms with E-state index in [1.54, 1.807) is 43.3 Å². The topological polar surface area (TPSA) is 100 Å². The van der Waals surface area contributed by atoms with Gasteiger partial charge in [0.15, 0.2) is 17.6 Å². The average molecular weight is 367 g/mol. The van der Waals surface area contributed by atoms with E-state index in [0.717, 1.165) is 5.69 Å². The number of ether oxygens (including phenoxy) is 3. The summed E-state index contributed by atoms with van der Waals surface area (Å²) in [6, 6.07) is 12.4. The van der Waals surface area contributed by atoms with Crippen molar-refractivity contribution in [2.75, 3.05) is 18.5 Å². The summed E-state index contributed by atoms with van der Waals surface area (Å²) in [7, 11) is 0. The lowest BCUT2D eigenvalue weighted by Gasteiger charge is -2.20. The third-order valence-corrected chi connectivity index (χ3v) is 3.92. The summed E-state index contributed by atoms with van der Waals surface area (Å²) in [6.07, 6.45) is 0.777. The molecule has 0 saturated heterocycles. The monoisotopic (exact) mass is 367 g/mol. The number of nitrogens with zero attached hydrogens (tertiary/aromatic N) is 4. The second-order valence-electron chi connectivity index (χ2n) is 5.86. The second kappa shape index (κ2) is 7.32. The Morgan fingerprint density at radius 3 is 2.85 bits per heavy atom. The molecule has 0 saturated carbocycles. The van der Waals surface area contributed by atoms with Gasteiger partial charge in [0.2, 0.25) is 0 Å². The molecule has 0 bridgehead atoms. The van der Waals surface area contributed by atoms with Crippen LogP contribution in [0.15, 0.2) is 48.8 Å². The van der Waals surface area contributed by atoms with E-state index < -0.39 is 6.10 Å². The fraction of sp³-hybridized carbons (Fsp3) is 0.222. The summed E-state index contributed by atoms with van der Waals surface area (Å²) in [5, 5.41) is 13.9. The van der Waals surface area contributed by atoms with Crippen molar-refractivity contribution >= 4 is 11.6 Å². The highest BCUT2D eigenvalue weighted by Gasteiger charge is 2.17. The summed E-state index contributed by atoms with van der Waals surface area (Å²) in [4.78, 5) is 12.5. The molecule has 0 spiro atoms. The molecule has 9 nitrogen and oxygen atoms in total. The van der Waals surface area contributed by atoms with Crippen LogP contribution in [0.3, 0.4) is 0 Å². The largest absolute Gasteiger partial charge is 0.486 e. The van der Waals surface area contributed by atoms with Crippen LogP contribution in [0.1, 0.15) is 6.92 Å². The minimum atomic E-state index is -0.706. The van der Waals surface area contributed by atoms with Crippen LogP contribution in [-0.2, 0) is 4.79 Å². The van der Waals surface area contributed by atoms with Crippen molar-refractivity contribution in [2.45, 2.75) is 13.0 Å². The van der Waals surface area contributed by atoms with Gasteiger partial charge >= 0.3 is 0 Å². The molecule has 1 amide bonds. The highest BCUT2D eigenvalue weighted by molar-refractivity contribution is 5.94. The molecule has 1 aliphatic heterocycles. The summed E-state index contributed by atoms with van der Waals surface area (Å²) in [5.74, 6) is 1.54. The molecule has 1 N–H and O–H groups in total. The van der Waals surface area contributed by atoms with Crippen molar-refractivity contribution in [3.8, 4) is 22.9 Å². The summed E-state index contributed by atoms with van der Waals surface area (Å²) < 4.78 is 18.3. The maximum atomic E-state index is 12.5. The number of hydrogen-bond acceptors (Lipinski definition) is 7. The normalized spacial score (nSPS) is 13.7. The number of carbonyl (C=O) groups excluding carboxylic acids is 1. The molecule has 2 heterocycles. The summed E-state index contributed by atoms with van der Waals surface area (Å²) in [5.41, 5.74) is 1.35. The van der Waals surface area contributed by atoms with Crippen molar-refractivity contribution in [3.05, 3.63) is 48.8 Å². The SMILES string of the molecule is CC(Oc1cccc(-n2cnnn2)c1)C(=O)Nc1ccc2c(c1)OCCO2. The third-order valence-electron chi connectivity index (χ3n) is 3.92. The smallest absolute Gasteiger partial charge is 0.265 e. The van der Waals surface area contributed by atoms with Gasteiger partial charge in [-0.2, -0.15) is 0 Å². The Morgan fingerprint density at radius 2 is 2.04 bits per heavy atom. The molecule has 27 heavy (non-hydrogen) atoms. The van der Waals surface area contributed by atoms with Gasteiger partial charge in [0.25, 0.3) is 5.91 Å². The first-order valence-corrected chi connectivity index (χ1v) is 8.39.